The summed E-state index contributed by atoms with van der Waals surface area (Å²) in [4.78, 5) is 22.8. The number of carbonyl (C=O) groups is 1. The van der Waals surface area contributed by atoms with E-state index in [1.54, 1.807) is 12.3 Å². The maximum absolute atomic E-state index is 13.8. The Bertz CT molecular complexity index is 2260. The van der Waals surface area contributed by atoms with Crippen LogP contribution in [-0.4, -0.2) is 55.4 Å². The summed E-state index contributed by atoms with van der Waals surface area (Å²) in [5.74, 6) is -0.119. The molecule has 3 aromatic heterocycles. The lowest BCUT2D eigenvalue weighted by Crippen LogP contribution is -2.33. The number of aromatic nitrogens is 3. The summed E-state index contributed by atoms with van der Waals surface area (Å²) in [6, 6.07) is 10.6. The number of hydrogen-bond donors (Lipinski definition) is 1. The number of sulfonamides is 1. The fraction of sp³-hybridized carbons (Fsp3) is 0.242. The number of carbonyl (C=O) groups excluding carboxylic acids is 1. The van der Waals surface area contributed by atoms with Gasteiger partial charge in [-0.25, -0.2) is 22.8 Å². The largest absolute Gasteiger partial charge is 0.469 e. The molecule has 1 amide bonds. The van der Waals surface area contributed by atoms with Crippen LogP contribution in [0.2, 0.25) is 0 Å². The fourth-order valence-corrected chi connectivity index (χ4v) is 7.00. The van der Waals surface area contributed by atoms with Crippen LogP contribution in [0.1, 0.15) is 29.6 Å². The van der Waals surface area contributed by atoms with Gasteiger partial charge in [-0.05, 0) is 60.9 Å². The maximum atomic E-state index is 13.8. The number of hydrogen-bond acceptors (Lipinski definition) is 7. The summed E-state index contributed by atoms with van der Waals surface area (Å²) in [6.07, 6.45) is 8.70. The molecule has 0 spiro atoms. The van der Waals surface area contributed by atoms with E-state index < -0.39 is 28.4 Å². The van der Waals surface area contributed by atoms with Gasteiger partial charge in [0.2, 0.25) is 10.0 Å². The summed E-state index contributed by atoms with van der Waals surface area (Å²) < 4.78 is 68.8. The number of anilines is 1. The second kappa shape index (κ2) is 11.4. The molecule has 0 bridgehead atoms. The molecule has 10 nitrogen and oxygen atoms in total. The smallest absolute Gasteiger partial charge is 0.255 e. The van der Waals surface area contributed by atoms with E-state index >= 15 is 0 Å². The van der Waals surface area contributed by atoms with Gasteiger partial charge in [-0.2, -0.15) is 0 Å². The van der Waals surface area contributed by atoms with Crippen LogP contribution < -0.4 is 24.9 Å². The number of benzene rings is 2. The number of fused-ring (bicyclic) bond motifs is 6. The topological polar surface area (TPSA) is 120 Å². The van der Waals surface area contributed by atoms with Crippen LogP contribution >= 0.6 is 0 Å². The average molecular weight is 646 g/mol. The quantitative estimate of drug-likeness (QED) is 0.267. The van der Waals surface area contributed by atoms with Crippen molar-refractivity contribution in [3.63, 3.8) is 0 Å². The van der Waals surface area contributed by atoms with Gasteiger partial charge in [0.05, 0.1) is 36.1 Å². The highest BCUT2D eigenvalue weighted by molar-refractivity contribution is 7.92. The zero-order chi connectivity index (χ0) is 32.2. The molecule has 13 heteroatoms. The van der Waals surface area contributed by atoms with Gasteiger partial charge in [-0.15, -0.1) is 0 Å². The van der Waals surface area contributed by atoms with E-state index in [9.17, 15) is 22.0 Å². The Morgan fingerprint density at radius 3 is 2.65 bits per heavy atom. The van der Waals surface area contributed by atoms with Crippen LogP contribution in [0.15, 0.2) is 53.1 Å². The number of ether oxygens (including phenoxy) is 1. The number of nitrogens with one attached hydrogen (secondary N) is 1. The van der Waals surface area contributed by atoms with Crippen molar-refractivity contribution in [3.05, 3.63) is 70.6 Å². The Morgan fingerprint density at radius 1 is 1.13 bits per heavy atom. The van der Waals surface area contributed by atoms with Crippen molar-refractivity contribution >= 4 is 44.7 Å². The monoisotopic (exact) mass is 645 g/mol. The van der Waals surface area contributed by atoms with Crippen LogP contribution in [0.3, 0.4) is 0 Å². The summed E-state index contributed by atoms with van der Waals surface area (Å²) in [7, 11) is -2.45. The van der Waals surface area contributed by atoms with Crippen LogP contribution in [0, 0.1) is 5.82 Å². The Labute approximate surface area is 262 Å². The first kappa shape index (κ1) is 29.7. The van der Waals surface area contributed by atoms with Crippen molar-refractivity contribution in [1.29, 1.82) is 0 Å². The molecule has 2 aliphatic rings. The summed E-state index contributed by atoms with van der Waals surface area (Å²) in [5, 5.41) is 5.11. The molecule has 5 aromatic rings. The summed E-state index contributed by atoms with van der Waals surface area (Å²) in [5.41, 5.74) is 2.59. The van der Waals surface area contributed by atoms with Gasteiger partial charge in [0.1, 0.15) is 22.9 Å². The summed E-state index contributed by atoms with van der Waals surface area (Å²) >= 11 is 0. The number of halogens is 2. The molecule has 7 rings (SSSR count). The Morgan fingerprint density at radius 2 is 1.91 bits per heavy atom. The lowest BCUT2D eigenvalue weighted by molar-refractivity contribution is 0.0964. The second-order valence-electron chi connectivity index (χ2n) is 11.1. The van der Waals surface area contributed by atoms with Gasteiger partial charge in [0.15, 0.2) is 18.3 Å². The number of nitrogens with zero attached hydrogens (tertiary/aromatic N) is 4. The van der Waals surface area contributed by atoms with Crippen LogP contribution in [-0.2, 0) is 16.8 Å². The molecule has 4 heterocycles. The number of amides is 1. The molecule has 0 unspecified atom stereocenters. The highest BCUT2D eigenvalue weighted by atomic mass is 32.2. The third-order valence-corrected chi connectivity index (χ3v) is 9.34. The Balaban J connectivity index is 1.50. The molecule has 1 aliphatic carbocycles. The van der Waals surface area contributed by atoms with Gasteiger partial charge in [-0.1, -0.05) is 12.2 Å². The average Bonchev–Trinajstić information content (AvgIpc) is 3.62. The molecule has 0 atom stereocenters. The van der Waals surface area contributed by atoms with E-state index in [1.807, 2.05) is 10.6 Å². The second-order valence-corrected chi connectivity index (χ2v) is 13.0. The standard InChI is InChI=1S/C33H29F2N5O5S/c1-36-33(41)29-23-15-22(32-37-17-28-30(38-32)26-14-20-6-3-4-7-24(20)39(26)18-44-28)25(40(13-5-12-34)46(2,42)43)16-27(23)45-31(29)19-8-10-21(35)11-9-19/h6-11,14-17H,3-5,12-13,18H2,1-2H3,(H,36,41). The normalized spacial score (nSPS) is 13.6. The molecule has 0 radical (unpaired) electrons. The van der Waals surface area contributed by atoms with Crippen molar-refractivity contribution in [3.8, 4) is 39.8 Å². The number of rotatable bonds is 8. The SMILES string of the molecule is CNC(=O)c1c(-c2ccc(F)cc2)oc2cc(N(CCCF)S(C)(=O)=O)c(-c3ncc4c(n3)-c3cc5c(n3CO4)=CCCC=5)cc12. The third-order valence-electron chi connectivity index (χ3n) is 8.16. The molecule has 236 valence electrons. The Hall–Kier alpha value is -5.04. The first-order valence-corrected chi connectivity index (χ1v) is 16.6. The van der Waals surface area contributed by atoms with E-state index in [0.717, 1.165) is 39.7 Å². The third kappa shape index (κ3) is 5.00. The first-order valence-electron chi connectivity index (χ1n) is 14.7. The van der Waals surface area contributed by atoms with Gasteiger partial charge < -0.3 is 19.0 Å². The fourth-order valence-electron chi connectivity index (χ4n) is 6.04. The lowest BCUT2D eigenvalue weighted by Gasteiger charge is -2.25. The zero-order valence-electron chi connectivity index (χ0n) is 25.0. The highest BCUT2D eigenvalue weighted by Crippen LogP contribution is 2.42. The van der Waals surface area contributed by atoms with Gasteiger partial charge in [0.25, 0.3) is 5.91 Å². The zero-order valence-corrected chi connectivity index (χ0v) is 25.8. The molecule has 46 heavy (non-hydrogen) atoms. The van der Waals surface area contributed by atoms with Crippen molar-refractivity contribution in [2.24, 2.45) is 0 Å². The van der Waals surface area contributed by atoms with E-state index in [-0.39, 0.29) is 46.9 Å². The highest BCUT2D eigenvalue weighted by Gasteiger charge is 2.29. The lowest BCUT2D eigenvalue weighted by atomic mass is 10.0. The Kier molecular flexibility index (Phi) is 7.35. The summed E-state index contributed by atoms with van der Waals surface area (Å²) in [6.45, 7) is -0.594. The number of furan rings is 1. The van der Waals surface area contributed by atoms with Crippen molar-refractivity contribution in [1.82, 2.24) is 19.9 Å². The van der Waals surface area contributed by atoms with Gasteiger partial charge >= 0.3 is 0 Å². The molecule has 0 saturated heterocycles. The predicted octanol–water partition coefficient (Wildman–Crippen LogP) is 4.35. The molecule has 2 aromatic carbocycles. The minimum absolute atomic E-state index is 0.0576. The first-order chi connectivity index (χ1) is 22.2. The minimum Gasteiger partial charge on any atom is -0.469 e. The van der Waals surface area contributed by atoms with Crippen molar-refractivity contribution < 1.29 is 31.1 Å². The van der Waals surface area contributed by atoms with Gasteiger partial charge in [0, 0.05) is 41.5 Å². The van der Waals surface area contributed by atoms with E-state index in [1.165, 1.54) is 37.4 Å². The molecule has 0 fully saturated rings. The molecular weight excluding hydrogens is 616 g/mol. The van der Waals surface area contributed by atoms with Crippen LogP contribution in [0.25, 0.3) is 57.2 Å². The predicted molar refractivity (Wildman–Crippen MR) is 170 cm³/mol. The molecule has 1 N–H and O–H groups in total. The molecule has 1 aliphatic heterocycles. The molecular formula is C33H29F2N5O5S. The number of alkyl halides is 1. The van der Waals surface area contributed by atoms with Crippen LogP contribution in [0.4, 0.5) is 14.5 Å². The van der Waals surface area contributed by atoms with E-state index in [4.69, 9.17) is 14.1 Å². The van der Waals surface area contributed by atoms with Gasteiger partial charge in [-0.3, -0.25) is 13.5 Å². The minimum atomic E-state index is -3.93. The maximum Gasteiger partial charge on any atom is 0.255 e. The van der Waals surface area contributed by atoms with Crippen molar-refractivity contribution in [2.45, 2.75) is 26.0 Å². The van der Waals surface area contributed by atoms with Crippen LogP contribution in [0.5, 0.6) is 5.75 Å². The van der Waals surface area contributed by atoms with E-state index in [2.05, 4.69) is 22.5 Å². The molecule has 0 saturated carbocycles. The van der Waals surface area contributed by atoms with Crippen molar-refractivity contribution in [2.75, 3.05) is 30.8 Å². The van der Waals surface area contributed by atoms with E-state index in [0.29, 0.717) is 29.1 Å².